The Kier molecular flexibility index (Phi) is 7.96. The molecule has 0 amide bonds. The van der Waals surface area contributed by atoms with Crippen LogP contribution in [-0.2, 0) is 0 Å². The Morgan fingerprint density at radius 2 is 1.82 bits per heavy atom. The van der Waals surface area contributed by atoms with Crippen LogP contribution in [0.25, 0.3) is 22.0 Å². The molecule has 0 saturated carbocycles. The lowest BCUT2D eigenvalue weighted by atomic mass is 10.0. The van der Waals surface area contributed by atoms with Gasteiger partial charge in [0.05, 0.1) is 16.8 Å². The lowest BCUT2D eigenvalue weighted by molar-refractivity contribution is 0.392. The number of halogens is 2. The minimum Gasteiger partial charge on any atom is -0.383 e. The van der Waals surface area contributed by atoms with Gasteiger partial charge in [-0.05, 0) is 57.7 Å². The van der Waals surface area contributed by atoms with E-state index in [-0.39, 0.29) is 23.8 Å². The highest BCUT2D eigenvalue weighted by Crippen LogP contribution is 2.27. The van der Waals surface area contributed by atoms with E-state index in [0.29, 0.717) is 23.3 Å². The Morgan fingerprint density at radius 1 is 1.07 bits per heavy atom. The second kappa shape index (κ2) is 10.2. The van der Waals surface area contributed by atoms with E-state index in [1.165, 1.54) is 6.07 Å². The van der Waals surface area contributed by atoms with Crippen molar-refractivity contribution < 1.29 is 4.39 Å². The van der Waals surface area contributed by atoms with E-state index >= 15 is 0 Å². The fourth-order valence-electron chi connectivity index (χ4n) is 3.10. The third-order valence-corrected chi connectivity index (χ3v) is 4.53. The van der Waals surface area contributed by atoms with Crippen LogP contribution in [0.2, 0.25) is 0 Å². The van der Waals surface area contributed by atoms with Gasteiger partial charge in [0, 0.05) is 17.5 Å². The molecule has 0 aliphatic carbocycles. The summed E-state index contributed by atoms with van der Waals surface area (Å²) in [6.07, 6.45) is 3.21. The minimum atomic E-state index is -0.291. The molecular weight excluding hydrogens is 379 g/mol. The largest absolute Gasteiger partial charge is 0.383 e. The maximum absolute atomic E-state index is 14.2. The fraction of sp³-hybridized carbons (Fsp3) is 0.333. The Labute approximate surface area is 170 Å². The summed E-state index contributed by atoms with van der Waals surface area (Å²) >= 11 is 0. The number of H-pyrrole nitrogens is 1. The van der Waals surface area contributed by atoms with Crippen molar-refractivity contribution in [2.75, 3.05) is 32.5 Å². The van der Waals surface area contributed by atoms with Gasteiger partial charge < -0.3 is 10.2 Å². The fourth-order valence-corrected chi connectivity index (χ4v) is 3.10. The van der Waals surface area contributed by atoms with Crippen LogP contribution in [0.4, 0.5) is 10.1 Å². The number of nitrogens with zero attached hydrogens (tertiary/aromatic N) is 2. The highest BCUT2D eigenvalue weighted by Gasteiger charge is 2.11. The zero-order valence-corrected chi connectivity index (χ0v) is 17.0. The quantitative estimate of drug-likeness (QED) is 0.550. The number of aromatic amines is 1. The number of benzene rings is 2. The first-order valence-corrected chi connectivity index (χ1v) is 9.22. The molecule has 0 saturated heterocycles. The molecule has 150 valence electrons. The standard InChI is InChI=1S/C21H25FN4O.ClH/c1-26(2)13-7-3-6-12-23-19-14-15(10-11-18(19)22)20-16-8-4-5-9-17(16)21(27)25-24-20;/h4-5,8-11,14,23H,3,6-7,12-13H2,1-2H3,(H,25,27);1H. The average Bonchev–Trinajstić information content (AvgIpc) is 2.66. The molecule has 28 heavy (non-hydrogen) atoms. The van der Waals surface area contributed by atoms with Crippen molar-refractivity contribution in [2.45, 2.75) is 19.3 Å². The molecular formula is C21H26ClFN4O. The van der Waals surface area contributed by atoms with Crippen molar-refractivity contribution >= 4 is 28.9 Å². The molecule has 3 aromatic rings. The van der Waals surface area contributed by atoms with Gasteiger partial charge in [-0.25, -0.2) is 9.49 Å². The number of aromatic nitrogens is 2. The van der Waals surface area contributed by atoms with Crippen LogP contribution in [0.15, 0.2) is 47.3 Å². The Hall–Kier alpha value is -2.44. The maximum atomic E-state index is 14.2. The number of nitrogens with one attached hydrogen (secondary N) is 2. The van der Waals surface area contributed by atoms with E-state index in [2.05, 4.69) is 34.5 Å². The van der Waals surface area contributed by atoms with Crippen molar-refractivity contribution in [3.05, 3.63) is 58.6 Å². The molecule has 7 heteroatoms. The Balaban J connectivity index is 0.00000280. The molecule has 1 heterocycles. The number of anilines is 1. The van der Waals surface area contributed by atoms with Crippen LogP contribution in [0.1, 0.15) is 19.3 Å². The van der Waals surface area contributed by atoms with E-state index in [1.807, 2.05) is 18.2 Å². The van der Waals surface area contributed by atoms with Crippen LogP contribution < -0.4 is 10.9 Å². The number of hydrogen-bond donors (Lipinski definition) is 2. The van der Waals surface area contributed by atoms with E-state index < -0.39 is 0 Å². The van der Waals surface area contributed by atoms with Gasteiger partial charge in [0.2, 0.25) is 0 Å². The van der Waals surface area contributed by atoms with E-state index in [9.17, 15) is 9.18 Å². The molecule has 0 unspecified atom stereocenters. The lowest BCUT2D eigenvalue weighted by Gasteiger charge is -2.11. The van der Waals surface area contributed by atoms with Crippen molar-refractivity contribution in [1.29, 1.82) is 0 Å². The van der Waals surface area contributed by atoms with Gasteiger partial charge in [0.25, 0.3) is 5.56 Å². The third-order valence-electron chi connectivity index (χ3n) is 4.53. The van der Waals surface area contributed by atoms with Crippen LogP contribution in [0.3, 0.4) is 0 Å². The zero-order valence-electron chi connectivity index (χ0n) is 16.2. The molecule has 5 nitrogen and oxygen atoms in total. The zero-order chi connectivity index (χ0) is 19.2. The van der Waals surface area contributed by atoms with Crippen LogP contribution in [0, 0.1) is 5.82 Å². The molecule has 0 spiro atoms. The second-order valence-electron chi connectivity index (χ2n) is 6.93. The first-order valence-electron chi connectivity index (χ1n) is 9.22. The summed E-state index contributed by atoms with van der Waals surface area (Å²) < 4.78 is 14.2. The van der Waals surface area contributed by atoms with Gasteiger partial charge >= 0.3 is 0 Å². The molecule has 1 aromatic heterocycles. The first kappa shape index (κ1) is 21.9. The molecule has 0 bridgehead atoms. The van der Waals surface area contributed by atoms with Gasteiger partial charge in [0.15, 0.2) is 0 Å². The van der Waals surface area contributed by atoms with Crippen molar-refractivity contribution in [1.82, 2.24) is 15.1 Å². The molecule has 0 aliphatic heterocycles. The molecule has 0 aliphatic rings. The van der Waals surface area contributed by atoms with Crippen LogP contribution >= 0.6 is 12.4 Å². The van der Waals surface area contributed by atoms with Crippen molar-refractivity contribution in [2.24, 2.45) is 0 Å². The highest BCUT2D eigenvalue weighted by molar-refractivity contribution is 5.94. The van der Waals surface area contributed by atoms with Crippen LogP contribution in [-0.4, -0.2) is 42.3 Å². The summed E-state index contributed by atoms with van der Waals surface area (Å²) in [5, 5.41) is 11.2. The minimum absolute atomic E-state index is 0. The number of unbranched alkanes of at least 4 members (excludes halogenated alkanes) is 2. The maximum Gasteiger partial charge on any atom is 0.272 e. The monoisotopic (exact) mass is 404 g/mol. The van der Waals surface area contributed by atoms with Crippen molar-refractivity contribution in [3.8, 4) is 11.3 Å². The van der Waals surface area contributed by atoms with Gasteiger partial charge in [-0.1, -0.05) is 24.6 Å². The van der Waals surface area contributed by atoms with Gasteiger partial charge in [0.1, 0.15) is 5.82 Å². The summed E-state index contributed by atoms with van der Waals surface area (Å²) in [5.41, 5.74) is 1.63. The van der Waals surface area contributed by atoms with Gasteiger partial charge in [-0.2, -0.15) is 5.10 Å². The molecule has 0 atom stereocenters. The van der Waals surface area contributed by atoms with E-state index in [1.54, 1.807) is 18.2 Å². The summed E-state index contributed by atoms with van der Waals surface area (Å²) in [4.78, 5) is 14.1. The molecule has 2 N–H and O–H groups in total. The molecule has 0 fully saturated rings. The predicted octanol–water partition coefficient (Wildman–Crippen LogP) is 4.29. The average molecular weight is 405 g/mol. The highest BCUT2D eigenvalue weighted by atomic mass is 35.5. The van der Waals surface area contributed by atoms with Crippen LogP contribution in [0.5, 0.6) is 0 Å². The third kappa shape index (κ3) is 5.30. The summed E-state index contributed by atoms with van der Waals surface area (Å²) in [6, 6.07) is 12.2. The van der Waals surface area contributed by atoms with Gasteiger partial charge in [-0.3, -0.25) is 4.79 Å². The SMILES string of the molecule is CN(C)CCCCCNc1cc(-c2n[nH]c(=O)c3ccccc23)ccc1F.Cl. The van der Waals surface area contributed by atoms with Crippen molar-refractivity contribution in [3.63, 3.8) is 0 Å². The topological polar surface area (TPSA) is 61.0 Å². The molecule has 2 aromatic carbocycles. The second-order valence-corrected chi connectivity index (χ2v) is 6.93. The Morgan fingerprint density at radius 3 is 2.57 bits per heavy atom. The number of hydrogen-bond acceptors (Lipinski definition) is 4. The summed E-state index contributed by atoms with van der Waals surface area (Å²) in [5.74, 6) is -0.291. The normalized spacial score (nSPS) is 10.9. The van der Waals surface area contributed by atoms with E-state index in [4.69, 9.17) is 0 Å². The first-order chi connectivity index (χ1) is 13.1. The predicted molar refractivity (Wildman–Crippen MR) is 116 cm³/mol. The molecule has 0 radical (unpaired) electrons. The number of fused-ring (bicyclic) bond motifs is 1. The lowest BCUT2D eigenvalue weighted by Crippen LogP contribution is -2.13. The molecule has 3 rings (SSSR count). The summed E-state index contributed by atoms with van der Waals surface area (Å²) in [6.45, 7) is 1.78. The smallest absolute Gasteiger partial charge is 0.272 e. The van der Waals surface area contributed by atoms with Gasteiger partial charge in [-0.15, -0.1) is 12.4 Å². The number of rotatable bonds is 8. The Bertz CT molecular complexity index is 974. The van der Waals surface area contributed by atoms with E-state index in [0.717, 1.165) is 36.8 Å². The summed E-state index contributed by atoms with van der Waals surface area (Å²) in [7, 11) is 4.13.